The van der Waals surface area contributed by atoms with Crippen molar-refractivity contribution >= 4 is 17.4 Å². The second-order valence-corrected chi connectivity index (χ2v) is 9.10. The highest BCUT2D eigenvalue weighted by Crippen LogP contribution is 2.40. The van der Waals surface area contributed by atoms with Crippen LogP contribution < -0.4 is 4.74 Å². The molecule has 0 saturated carbocycles. The molecule has 0 radical (unpaired) electrons. The van der Waals surface area contributed by atoms with Gasteiger partial charge in [0.15, 0.2) is 0 Å². The molecule has 1 aliphatic heterocycles. The number of carbonyl (C=O) groups is 2. The Kier molecular flexibility index (Phi) is 7.00. The molecule has 0 spiro atoms. The highest BCUT2D eigenvalue weighted by atomic mass is 19.1. The normalized spacial score (nSPS) is 16.6. The zero-order valence-corrected chi connectivity index (χ0v) is 20.7. The summed E-state index contributed by atoms with van der Waals surface area (Å²) in [7, 11) is 0. The molecule has 1 saturated heterocycles. The Hall–Kier alpha value is -4.78. The van der Waals surface area contributed by atoms with E-state index < -0.39 is 29.3 Å². The van der Waals surface area contributed by atoms with Crippen LogP contribution in [0.2, 0.25) is 0 Å². The lowest BCUT2D eigenvalue weighted by Crippen LogP contribution is -2.29. The van der Waals surface area contributed by atoms with Gasteiger partial charge >= 0.3 is 0 Å². The van der Waals surface area contributed by atoms with Gasteiger partial charge in [-0.2, -0.15) is 0 Å². The van der Waals surface area contributed by atoms with Crippen molar-refractivity contribution in [1.82, 2.24) is 9.88 Å². The summed E-state index contributed by atoms with van der Waals surface area (Å²) in [5, 5.41) is 11.2. The van der Waals surface area contributed by atoms with Crippen molar-refractivity contribution in [2.24, 2.45) is 0 Å². The second kappa shape index (κ2) is 10.7. The maximum absolute atomic E-state index is 14.3. The number of hydrogen-bond acceptors (Lipinski definition) is 5. The average Bonchev–Trinajstić information content (AvgIpc) is 3.19. The van der Waals surface area contributed by atoms with E-state index in [1.807, 2.05) is 30.3 Å². The molecule has 1 amide bonds. The molecular formula is C31H25FN2O4. The van der Waals surface area contributed by atoms with Gasteiger partial charge in [0.25, 0.3) is 11.7 Å². The number of ether oxygens (including phenoxy) is 1. The first kappa shape index (κ1) is 24.9. The number of aliphatic hydroxyl groups is 1. The SMILES string of the molecule is Cc1ccc(/C(O)=C2/C(=O)C(=O)N(Cc3cccnc3)C2c2ccc(OCc3ccccc3)cc2)cc1F. The van der Waals surface area contributed by atoms with E-state index in [0.29, 0.717) is 23.5 Å². The molecule has 0 bridgehead atoms. The van der Waals surface area contributed by atoms with Gasteiger partial charge in [0.05, 0.1) is 11.6 Å². The number of aryl methyl sites for hydroxylation is 1. The molecule has 1 aromatic heterocycles. The highest BCUT2D eigenvalue weighted by molar-refractivity contribution is 6.46. The number of rotatable bonds is 7. The quantitative estimate of drug-likeness (QED) is 0.196. The van der Waals surface area contributed by atoms with Crippen LogP contribution in [0.5, 0.6) is 5.75 Å². The lowest BCUT2D eigenvalue weighted by atomic mass is 9.94. The van der Waals surface area contributed by atoms with E-state index in [0.717, 1.165) is 17.2 Å². The monoisotopic (exact) mass is 508 g/mol. The van der Waals surface area contributed by atoms with Crippen LogP contribution in [-0.2, 0) is 22.7 Å². The number of pyridine rings is 1. The van der Waals surface area contributed by atoms with Crippen LogP contribution in [0.4, 0.5) is 4.39 Å². The third-order valence-corrected chi connectivity index (χ3v) is 6.51. The minimum Gasteiger partial charge on any atom is -0.507 e. The first-order valence-electron chi connectivity index (χ1n) is 12.1. The van der Waals surface area contributed by atoms with Gasteiger partial charge in [-0.05, 0) is 53.4 Å². The average molecular weight is 509 g/mol. The number of nitrogens with zero attached hydrogens (tertiary/aromatic N) is 2. The predicted octanol–water partition coefficient (Wildman–Crippen LogP) is 5.73. The summed E-state index contributed by atoms with van der Waals surface area (Å²) in [4.78, 5) is 31.9. The van der Waals surface area contributed by atoms with Crippen molar-refractivity contribution in [3.63, 3.8) is 0 Å². The van der Waals surface area contributed by atoms with Crippen molar-refractivity contribution in [3.05, 3.63) is 137 Å². The maximum Gasteiger partial charge on any atom is 0.295 e. The number of aromatic nitrogens is 1. The fraction of sp³-hybridized carbons (Fsp3) is 0.129. The Morgan fingerprint density at radius 3 is 2.39 bits per heavy atom. The van der Waals surface area contributed by atoms with Crippen molar-refractivity contribution in [1.29, 1.82) is 0 Å². The van der Waals surface area contributed by atoms with Gasteiger partial charge in [-0.3, -0.25) is 14.6 Å². The third kappa shape index (κ3) is 5.04. The van der Waals surface area contributed by atoms with Gasteiger partial charge < -0.3 is 14.7 Å². The van der Waals surface area contributed by atoms with Gasteiger partial charge in [-0.1, -0.05) is 60.7 Å². The first-order chi connectivity index (χ1) is 18.4. The van der Waals surface area contributed by atoms with E-state index in [1.54, 1.807) is 55.7 Å². The number of hydrogen-bond donors (Lipinski definition) is 1. The van der Waals surface area contributed by atoms with Crippen molar-refractivity contribution < 1.29 is 23.8 Å². The van der Waals surface area contributed by atoms with Gasteiger partial charge in [-0.25, -0.2) is 4.39 Å². The molecule has 1 aliphatic rings. The van der Waals surface area contributed by atoms with E-state index in [1.165, 1.54) is 17.0 Å². The number of aliphatic hydroxyl groups excluding tert-OH is 1. The van der Waals surface area contributed by atoms with E-state index in [9.17, 15) is 19.1 Å². The molecule has 0 aliphatic carbocycles. The van der Waals surface area contributed by atoms with Crippen LogP contribution in [0.3, 0.4) is 0 Å². The summed E-state index contributed by atoms with van der Waals surface area (Å²) in [6, 6.07) is 23.7. The molecule has 3 aromatic carbocycles. The molecule has 38 heavy (non-hydrogen) atoms. The number of amides is 1. The molecule has 7 heteroatoms. The van der Waals surface area contributed by atoms with E-state index in [-0.39, 0.29) is 17.7 Å². The Balaban J connectivity index is 1.52. The summed E-state index contributed by atoms with van der Waals surface area (Å²) < 4.78 is 20.2. The summed E-state index contributed by atoms with van der Waals surface area (Å²) in [6.07, 6.45) is 3.24. The first-order valence-corrected chi connectivity index (χ1v) is 12.1. The minimum atomic E-state index is -0.886. The summed E-state index contributed by atoms with van der Waals surface area (Å²) >= 11 is 0. The Bertz CT molecular complexity index is 1500. The van der Waals surface area contributed by atoms with E-state index in [4.69, 9.17) is 4.74 Å². The molecular weight excluding hydrogens is 483 g/mol. The topological polar surface area (TPSA) is 79.7 Å². The molecule has 1 atom stereocenters. The Morgan fingerprint density at radius 2 is 1.71 bits per heavy atom. The molecule has 4 aromatic rings. The molecule has 2 heterocycles. The fourth-order valence-electron chi connectivity index (χ4n) is 4.46. The summed E-state index contributed by atoms with van der Waals surface area (Å²) in [5.74, 6) is -1.91. The summed E-state index contributed by atoms with van der Waals surface area (Å²) in [5.41, 5.74) is 2.78. The van der Waals surface area contributed by atoms with Crippen molar-refractivity contribution in [3.8, 4) is 5.75 Å². The zero-order chi connectivity index (χ0) is 26.6. The predicted molar refractivity (Wildman–Crippen MR) is 140 cm³/mol. The van der Waals surface area contributed by atoms with Gasteiger partial charge in [-0.15, -0.1) is 0 Å². The molecule has 1 unspecified atom stereocenters. The van der Waals surface area contributed by atoms with Gasteiger partial charge in [0.1, 0.15) is 23.9 Å². The minimum absolute atomic E-state index is 0.0971. The Labute approximate surface area is 219 Å². The highest BCUT2D eigenvalue weighted by Gasteiger charge is 2.46. The van der Waals surface area contributed by atoms with E-state index in [2.05, 4.69) is 4.98 Å². The number of likely N-dealkylation sites (tertiary alicyclic amines) is 1. The molecule has 1 fully saturated rings. The number of ketones is 1. The number of Topliss-reactive ketones (excluding diaryl/α,β-unsaturated/α-hetero) is 1. The molecule has 1 N–H and O–H groups in total. The van der Waals surface area contributed by atoms with E-state index >= 15 is 0 Å². The fourth-order valence-corrected chi connectivity index (χ4v) is 4.46. The standard InChI is InChI=1S/C31H25FN2O4/c1-20-9-10-24(16-26(20)32)29(35)27-28(34(31(37)30(27)36)18-22-8-5-15-33-17-22)23-11-13-25(14-12-23)38-19-21-6-3-2-4-7-21/h2-17,28,35H,18-19H2,1H3/b29-27-. The number of benzene rings is 3. The Morgan fingerprint density at radius 1 is 0.974 bits per heavy atom. The number of halogens is 1. The van der Waals surface area contributed by atoms with Gasteiger partial charge in [0.2, 0.25) is 0 Å². The van der Waals surface area contributed by atoms with Crippen LogP contribution in [0.1, 0.15) is 33.9 Å². The second-order valence-electron chi connectivity index (χ2n) is 9.10. The molecule has 5 rings (SSSR count). The maximum atomic E-state index is 14.3. The van der Waals surface area contributed by atoms with Crippen molar-refractivity contribution in [2.75, 3.05) is 0 Å². The van der Waals surface area contributed by atoms with Crippen molar-refractivity contribution in [2.45, 2.75) is 26.1 Å². The largest absolute Gasteiger partial charge is 0.507 e. The number of carbonyl (C=O) groups excluding carboxylic acids is 2. The smallest absolute Gasteiger partial charge is 0.295 e. The van der Waals surface area contributed by atoms with Crippen LogP contribution in [0.25, 0.3) is 5.76 Å². The molecule has 6 nitrogen and oxygen atoms in total. The van der Waals surface area contributed by atoms with Crippen LogP contribution in [-0.4, -0.2) is 26.7 Å². The lowest BCUT2D eigenvalue weighted by molar-refractivity contribution is -0.140. The van der Waals surface area contributed by atoms with Gasteiger partial charge in [0, 0.05) is 24.5 Å². The third-order valence-electron chi connectivity index (χ3n) is 6.51. The van der Waals surface area contributed by atoms with Crippen LogP contribution >= 0.6 is 0 Å². The summed E-state index contributed by atoms with van der Waals surface area (Å²) in [6.45, 7) is 2.10. The molecule has 190 valence electrons. The van der Waals surface area contributed by atoms with Crippen LogP contribution in [0, 0.1) is 12.7 Å². The zero-order valence-electron chi connectivity index (χ0n) is 20.7. The van der Waals surface area contributed by atoms with Crippen LogP contribution in [0.15, 0.2) is 103 Å². The lowest BCUT2D eigenvalue weighted by Gasteiger charge is -2.25.